The summed E-state index contributed by atoms with van der Waals surface area (Å²) in [5.74, 6) is -0.314. The summed E-state index contributed by atoms with van der Waals surface area (Å²) in [6.07, 6.45) is 2.51. The van der Waals surface area contributed by atoms with Crippen molar-refractivity contribution in [1.29, 1.82) is 0 Å². The first-order valence-electron chi connectivity index (χ1n) is 7.94. The fraction of sp³-hybridized carbons (Fsp3) is 0.412. The summed E-state index contributed by atoms with van der Waals surface area (Å²) in [4.78, 5) is 19.0. The summed E-state index contributed by atoms with van der Waals surface area (Å²) < 4.78 is 14.4. The molecule has 0 saturated carbocycles. The molecule has 0 aliphatic carbocycles. The van der Waals surface area contributed by atoms with Gasteiger partial charge >= 0.3 is 0 Å². The molecule has 4 nitrogen and oxygen atoms in total. The van der Waals surface area contributed by atoms with Crippen LogP contribution in [-0.4, -0.2) is 28.9 Å². The number of halogens is 2. The maximum Gasteiger partial charge on any atom is 0.260 e. The SMILES string of the molecule is C[C@@H]1CCCN(Cc2csc(NC(=O)c3ccc(Br)cc3F)n2)C1. The van der Waals surface area contributed by atoms with Crippen molar-refractivity contribution in [3.8, 4) is 0 Å². The molecule has 1 saturated heterocycles. The Morgan fingerprint density at radius 1 is 1.54 bits per heavy atom. The standard InChI is InChI=1S/C17H19BrFN3OS/c1-11-3-2-6-22(8-11)9-13-10-24-17(20-13)21-16(23)14-5-4-12(18)7-15(14)19/h4-5,7,10-11H,2-3,6,8-9H2,1H3,(H,20,21,23)/t11-/m1/s1. The third-order valence-corrected chi connectivity index (χ3v) is 5.37. The number of anilines is 1. The lowest BCUT2D eigenvalue weighted by atomic mass is 10.0. The van der Waals surface area contributed by atoms with Crippen LogP contribution in [0.2, 0.25) is 0 Å². The van der Waals surface area contributed by atoms with Crippen LogP contribution in [0, 0.1) is 11.7 Å². The van der Waals surface area contributed by atoms with Crippen LogP contribution in [0.5, 0.6) is 0 Å². The van der Waals surface area contributed by atoms with E-state index in [0.717, 1.165) is 31.2 Å². The van der Waals surface area contributed by atoms with Crippen LogP contribution in [-0.2, 0) is 6.54 Å². The van der Waals surface area contributed by atoms with Crippen LogP contribution in [0.4, 0.5) is 9.52 Å². The molecule has 1 aromatic heterocycles. The van der Waals surface area contributed by atoms with Gasteiger partial charge in [-0.25, -0.2) is 9.37 Å². The Morgan fingerprint density at radius 2 is 2.38 bits per heavy atom. The van der Waals surface area contributed by atoms with Gasteiger partial charge in [0.05, 0.1) is 11.3 Å². The number of benzene rings is 1. The number of amides is 1. The Balaban J connectivity index is 1.62. The van der Waals surface area contributed by atoms with E-state index in [9.17, 15) is 9.18 Å². The van der Waals surface area contributed by atoms with Gasteiger partial charge in [0.15, 0.2) is 5.13 Å². The van der Waals surface area contributed by atoms with Crippen molar-refractivity contribution in [3.05, 3.63) is 45.1 Å². The molecule has 1 amide bonds. The number of carbonyl (C=O) groups excluding carboxylic acids is 1. The second-order valence-corrected chi connectivity index (χ2v) is 7.98. The van der Waals surface area contributed by atoms with E-state index in [1.807, 2.05) is 5.38 Å². The molecule has 1 aromatic carbocycles. The highest BCUT2D eigenvalue weighted by atomic mass is 79.9. The normalized spacial score (nSPS) is 18.5. The number of nitrogens with one attached hydrogen (secondary N) is 1. The maximum absolute atomic E-state index is 13.8. The van der Waals surface area contributed by atoms with Gasteiger partial charge < -0.3 is 0 Å². The second kappa shape index (κ2) is 7.72. The fourth-order valence-corrected chi connectivity index (χ4v) is 3.96. The van der Waals surface area contributed by atoms with Crippen LogP contribution in [0.15, 0.2) is 28.1 Å². The number of hydrogen-bond acceptors (Lipinski definition) is 4. The van der Waals surface area contributed by atoms with Crippen molar-refractivity contribution in [2.45, 2.75) is 26.3 Å². The van der Waals surface area contributed by atoms with Crippen molar-refractivity contribution in [3.63, 3.8) is 0 Å². The van der Waals surface area contributed by atoms with Crippen molar-refractivity contribution in [1.82, 2.24) is 9.88 Å². The maximum atomic E-state index is 13.8. The molecule has 1 aliphatic heterocycles. The van der Waals surface area contributed by atoms with Crippen LogP contribution in [0.1, 0.15) is 35.8 Å². The molecule has 2 heterocycles. The van der Waals surface area contributed by atoms with E-state index in [1.165, 1.54) is 36.3 Å². The van der Waals surface area contributed by atoms with E-state index in [-0.39, 0.29) is 5.56 Å². The number of carbonyl (C=O) groups is 1. The van der Waals surface area contributed by atoms with Gasteiger partial charge in [-0.15, -0.1) is 11.3 Å². The number of aromatic nitrogens is 1. The lowest BCUT2D eigenvalue weighted by Crippen LogP contribution is -2.33. The Morgan fingerprint density at radius 3 is 3.12 bits per heavy atom. The molecule has 1 fully saturated rings. The van der Waals surface area contributed by atoms with Crippen molar-refractivity contribution >= 4 is 38.3 Å². The molecule has 3 rings (SSSR count). The van der Waals surface area contributed by atoms with Gasteiger partial charge in [-0.2, -0.15) is 0 Å². The summed E-state index contributed by atoms with van der Waals surface area (Å²) in [5, 5.41) is 5.13. The average Bonchev–Trinajstić information content (AvgIpc) is 2.94. The number of rotatable bonds is 4. The number of hydrogen-bond donors (Lipinski definition) is 1. The average molecular weight is 412 g/mol. The highest BCUT2D eigenvalue weighted by Crippen LogP contribution is 2.22. The summed E-state index contributed by atoms with van der Waals surface area (Å²) in [5.41, 5.74) is 0.959. The molecular formula is C17H19BrFN3OS. The van der Waals surface area contributed by atoms with Crippen LogP contribution < -0.4 is 5.32 Å². The summed E-state index contributed by atoms with van der Waals surface area (Å²) in [7, 11) is 0. The molecule has 128 valence electrons. The van der Waals surface area contributed by atoms with Gasteiger partial charge in [0.25, 0.3) is 5.91 Å². The van der Waals surface area contributed by atoms with Crippen LogP contribution in [0.3, 0.4) is 0 Å². The summed E-state index contributed by atoms with van der Waals surface area (Å²) in [6.45, 7) is 5.24. The molecule has 2 aromatic rings. The van der Waals surface area contributed by atoms with Crippen LogP contribution in [0.25, 0.3) is 0 Å². The molecule has 1 atom stereocenters. The van der Waals surface area contributed by atoms with Crippen molar-refractivity contribution < 1.29 is 9.18 Å². The second-order valence-electron chi connectivity index (χ2n) is 6.20. The molecule has 1 N–H and O–H groups in total. The van der Waals surface area contributed by atoms with Gasteiger partial charge in [0.2, 0.25) is 0 Å². The first-order chi connectivity index (χ1) is 11.5. The molecule has 0 spiro atoms. The molecule has 0 unspecified atom stereocenters. The summed E-state index contributed by atoms with van der Waals surface area (Å²) >= 11 is 4.55. The minimum absolute atomic E-state index is 0.0137. The third-order valence-electron chi connectivity index (χ3n) is 4.07. The number of piperidine rings is 1. The monoisotopic (exact) mass is 411 g/mol. The van der Waals surface area contributed by atoms with Gasteiger partial charge in [0.1, 0.15) is 5.82 Å². The van der Waals surface area contributed by atoms with E-state index in [0.29, 0.717) is 9.60 Å². The lowest BCUT2D eigenvalue weighted by Gasteiger charge is -2.30. The summed E-state index contributed by atoms with van der Waals surface area (Å²) in [6, 6.07) is 4.38. The smallest absolute Gasteiger partial charge is 0.260 e. The van der Waals surface area contributed by atoms with E-state index in [4.69, 9.17) is 0 Å². The minimum atomic E-state index is -0.555. The number of thiazole rings is 1. The van der Waals surface area contributed by atoms with E-state index in [2.05, 4.69) is 38.1 Å². The molecule has 0 radical (unpaired) electrons. The van der Waals surface area contributed by atoms with E-state index < -0.39 is 11.7 Å². The molecule has 0 bridgehead atoms. The third kappa shape index (κ3) is 4.40. The van der Waals surface area contributed by atoms with Crippen molar-refractivity contribution in [2.75, 3.05) is 18.4 Å². The zero-order chi connectivity index (χ0) is 17.1. The van der Waals surface area contributed by atoms with Crippen molar-refractivity contribution in [2.24, 2.45) is 5.92 Å². The van der Waals surface area contributed by atoms with Gasteiger partial charge in [-0.3, -0.25) is 15.0 Å². The molecular weight excluding hydrogens is 393 g/mol. The highest BCUT2D eigenvalue weighted by molar-refractivity contribution is 9.10. The topological polar surface area (TPSA) is 45.2 Å². The van der Waals surface area contributed by atoms with Gasteiger partial charge in [-0.05, 0) is 43.5 Å². The largest absolute Gasteiger partial charge is 0.298 e. The highest BCUT2D eigenvalue weighted by Gasteiger charge is 2.18. The molecule has 24 heavy (non-hydrogen) atoms. The van der Waals surface area contributed by atoms with Crippen LogP contribution >= 0.6 is 27.3 Å². The Kier molecular flexibility index (Phi) is 5.63. The zero-order valence-corrected chi connectivity index (χ0v) is 15.8. The molecule has 7 heteroatoms. The fourth-order valence-electron chi connectivity index (χ4n) is 2.93. The molecule has 1 aliphatic rings. The first-order valence-corrected chi connectivity index (χ1v) is 9.61. The minimum Gasteiger partial charge on any atom is -0.298 e. The Labute approximate surface area is 153 Å². The first kappa shape index (κ1) is 17.5. The Hall–Kier alpha value is -1.31. The number of nitrogens with zero attached hydrogens (tertiary/aromatic N) is 2. The quantitative estimate of drug-likeness (QED) is 0.803. The van der Waals surface area contributed by atoms with E-state index >= 15 is 0 Å². The lowest BCUT2D eigenvalue weighted by molar-refractivity contribution is 0.102. The van der Waals surface area contributed by atoms with Gasteiger partial charge in [-0.1, -0.05) is 22.9 Å². The predicted molar refractivity (Wildman–Crippen MR) is 97.8 cm³/mol. The Bertz CT molecular complexity index is 736. The van der Waals surface area contributed by atoms with Gasteiger partial charge in [0, 0.05) is 22.9 Å². The zero-order valence-electron chi connectivity index (χ0n) is 13.4. The van der Waals surface area contributed by atoms with E-state index in [1.54, 1.807) is 6.07 Å². The number of likely N-dealkylation sites (tertiary alicyclic amines) is 1. The predicted octanol–water partition coefficient (Wildman–Crippen LogP) is 4.53.